The fourth-order valence-corrected chi connectivity index (χ4v) is 6.01. The van der Waals surface area contributed by atoms with E-state index >= 15 is 0 Å². The molecule has 9 N–H and O–H groups in total. The van der Waals surface area contributed by atoms with E-state index in [0.717, 1.165) is 16.8 Å². The van der Waals surface area contributed by atoms with Crippen molar-refractivity contribution in [1.82, 2.24) is 14.9 Å². The first-order chi connectivity index (χ1) is 18.6. The number of carbonyl (C=O) groups is 1. The van der Waals surface area contributed by atoms with Gasteiger partial charge in [0.05, 0.1) is 19.0 Å². The first-order valence-electron chi connectivity index (χ1n) is 11.1. The number of nitrogens with zero attached hydrogens (tertiary/aromatic N) is 1. The molecule has 23 heteroatoms. The van der Waals surface area contributed by atoms with Gasteiger partial charge in [-0.05, 0) is 0 Å². The predicted octanol–water partition coefficient (Wildman–Crippen LogP) is -4.74. The van der Waals surface area contributed by atoms with Crippen molar-refractivity contribution >= 4 is 34.2 Å². The van der Waals surface area contributed by atoms with Crippen LogP contribution in [0.5, 0.6) is 0 Å². The van der Waals surface area contributed by atoms with Crippen LogP contribution in [0.4, 0.5) is 0 Å². The van der Waals surface area contributed by atoms with E-state index in [1.807, 2.05) is 4.98 Å². The molecule has 40 heavy (non-hydrogen) atoms. The van der Waals surface area contributed by atoms with Crippen LogP contribution < -0.4 is 16.6 Å². The van der Waals surface area contributed by atoms with Crippen LogP contribution in [0.2, 0.25) is 0 Å². The number of aliphatic hydroxyl groups is 5. The molecular weight excluding hydrogens is 612 g/mol. The van der Waals surface area contributed by atoms with E-state index in [1.54, 1.807) is 0 Å². The Bertz CT molecular complexity index is 1260. The Morgan fingerprint density at radius 2 is 1.70 bits per heavy atom. The minimum absolute atomic E-state index is 0.427. The third-order valence-corrected chi connectivity index (χ3v) is 8.55. The maximum Gasteiger partial charge on any atom is 0.483 e. The van der Waals surface area contributed by atoms with Gasteiger partial charge in [-0.3, -0.25) is 28.2 Å². The molecule has 1 aromatic heterocycles. The van der Waals surface area contributed by atoms with E-state index in [2.05, 4.69) is 31.3 Å². The van der Waals surface area contributed by atoms with E-state index in [9.17, 15) is 58.8 Å². The number of aromatic amines is 1. The molecule has 3 rings (SSSR count). The van der Waals surface area contributed by atoms with Crippen LogP contribution in [0, 0.1) is 0 Å². The summed E-state index contributed by atoms with van der Waals surface area (Å²) in [6.45, 7) is -1.95. The van der Waals surface area contributed by atoms with Crippen LogP contribution in [0.3, 0.4) is 0 Å². The van der Waals surface area contributed by atoms with Crippen LogP contribution in [0.1, 0.15) is 6.23 Å². The van der Waals surface area contributed by atoms with Gasteiger partial charge in [0.15, 0.2) is 12.5 Å². The van der Waals surface area contributed by atoms with Crippen molar-refractivity contribution in [2.45, 2.75) is 55.2 Å². The molecule has 3 heterocycles. The van der Waals surface area contributed by atoms with Crippen molar-refractivity contribution in [1.29, 1.82) is 0 Å². The number of carbonyl (C=O) groups excluding carboxylic acids is 1. The average Bonchev–Trinajstić information content (AvgIpc) is 3.14. The number of rotatable bonds is 11. The van der Waals surface area contributed by atoms with Crippen molar-refractivity contribution in [2.24, 2.45) is 0 Å². The number of thiol groups is 1. The van der Waals surface area contributed by atoms with E-state index < -0.39 is 107 Å². The summed E-state index contributed by atoms with van der Waals surface area (Å²) >= 11 is 3.71. The number of ether oxygens (including phenoxy) is 2. The van der Waals surface area contributed by atoms with Gasteiger partial charge in [-0.1, -0.05) is 0 Å². The molecule has 0 aromatic carbocycles. The molecule has 1 amide bonds. The quantitative estimate of drug-likeness (QED) is 0.0803. The molecule has 0 radical (unpaired) electrons. The highest BCUT2D eigenvalue weighted by Gasteiger charge is 2.50. The third kappa shape index (κ3) is 7.85. The molecule has 11 atom stereocenters. The standard InChI is InChI=1S/C17H27N3O17P2S/c21-3-6-11(24)13(26)10(18-9(23)5-40)16(35-6)36-39(31,32)37-38(29,30)33-4-7-12(25)14(27)15(34-7)20-2-1-8(22)19-17(20)28/h1-2,6-7,10-16,21,24-27,40H,3-5H2,(H,18,23)(H,29,30)(H,31,32)(H,19,22,28). The summed E-state index contributed by atoms with van der Waals surface area (Å²) in [6.07, 6.45) is -13.2. The summed E-state index contributed by atoms with van der Waals surface area (Å²) < 4.78 is 49.3. The number of amides is 1. The van der Waals surface area contributed by atoms with E-state index in [1.165, 1.54) is 0 Å². The van der Waals surface area contributed by atoms with Gasteiger partial charge in [0.2, 0.25) is 5.91 Å². The van der Waals surface area contributed by atoms with Gasteiger partial charge in [0, 0.05) is 12.3 Å². The smallest absolute Gasteiger partial charge is 0.394 e. The number of aliphatic hydroxyl groups excluding tert-OH is 5. The van der Waals surface area contributed by atoms with Gasteiger partial charge in [-0.2, -0.15) is 16.9 Å². The van der Waals surface area contributed by atoms with Gasteiger partial charge < -0.3 is 50.1 Å². The highest BCUT2D eigenvalue weighted by Crippen LogP contribution is 2.61. The molecule has 1 aromatic rings. The number of phosphoric ester groups is 2. The van der Waals surface area contributed by atoms with Gasteiger partial charge in [0.1, 0.15) is 42.7 Å². The largest absolute Gasteiger partial charge is 0.483 e. The van der Waals surface area contributed by atoms with Crippen molar-refractivity contribution in [3.63, 3.8) is 0 Å². The first kappa shape index (κ1) is 33.0. The molecule has 2 aliphatic heterocycles. The van der Waals surface area contributed by atoms with E-state index in [0.29, 0.717) is 0 Å². The summed E-state index contributed by atoms with van der Waals surface area (Å²) in [5.74, 6) is -1.27. The predicted molar refractivity (Wildman–Crippen MR) is 129 cm³/mol. The monoisotopic (exact) mass is 639 g/mol. The molecular formula is C17H27N3O17P2S. The molecule has 228 valence electrons. The van der Waals surface area contributed by atoms with Gasteiger partial charge in [0.25, 0.3) is 5.56 Å². The summed E-state index contributed by atoms with van der Waals surface area (Å²) in [7, 11) is -11.2. The molecule has 0 spiro atoms. The zero-order chi connectivity index (χ0) is 30.0. The molecule has 2 aliphatic rings. The van der Waals surface area contributed by atoms with Crippen LogP contribution in [-0.4, -0.2) is 119 Å². The molecule has 2 fully saturated rings. The highest BCUT2D eigenvalue weighted by atomic mass is 32.1. The zero-order valence-corrected chi connectivity index (χ0v) is 22.7. The summed E-state index contributed by atoms with van der Waals surface area (Å²) in [5.41, 5.74) is -1.76. The Labute approximate surface area is 228 Å². The Kier molecular flexibility index (Phi) is 10.9. The third-order valence-electron chi connectivity index (χ3n) is 5.66. The Balaban J connectivity index is 1.66. The van der Waals surface area contributed by atoms with E-state index in [-0.39, 0.29) is 0 Å². The maximum atomic E-state index is 12.5. The number of nitrogens with one attached hydrogen (secondary N) is 2. The molecule has 11 unspecified atom stereocenters. The fraction of sp³-hybridized carbons (Fsp3) is 0.706. The average molecular weight is 639 g/mol. The molecule has 2 saturated heterocycles. The second kappa shape index (κ2) is 13.2. The maximum absolute atomic E-state index is 12.5. The van der Waals surface area contributed by atoms with Crippen molar-refractivity contribution in [2.75, 3.05) is 19.0 Å². The Morgan fingerprint density at radius 1 is 1.05 bits per heavy atom. The van der Waals surface area contributed by atoms with Crippen LogP contribution in [-0.2, 0) is 36.8 Å². The zero-order valence-electron chi connectivity index (χ0n) is 20.0. The minimum Gasteiger partial charge on any atom is -0.394 e. The minimum atomic E-state index is -5.65. The normalized spacial score (nSPS) is 35.5. The molecule has 0 saturated carbocycles. The molecule has 0 bridgehead atoms. The van der Waals surface area contributed by atoms with Crippen LogP contribution in [0.15, 0.2) is 21.9 Å². The van der Waals surface area contributed by atoms with Gasteiger partial charge >= 0.3 is 21.3 Å². The molecule has 20 nitrogen and oxygen atoms in total. The number of H-pyrrole nitrogens is 1. The lowest BCUT2D eigenvalue weighted by Crippen LogP contribution is -2.64. The number of hydrogen-bond donors (Lipinski definition) is 10. The van der Waals surface area contributed by atoms with Crippen LogP contribution in [0.25, 0.3) is 0 Å². The summed E-state index contributed by atoms with van der Waals surface area (Å²) in [5, 5.41) is 52.1. The number of phosphoric acid groups is 2. The highest BCUT2D eigenvalue weighted by molar-refractivity contribution is 7.81. The fourth-order valence-electron chi connectivity index (χ4n) is 3.75. The second-order valence-corrected chi connectivity index (χ2v) is 11.8. The number of aromatic nitrogens is 2. The van der Waals surface area contributed by atoms with Gasteiger partial charge in [-0.15, -0.1) is 0 Å². The lowest BCUT2D eigenvalue weighted by Gasteiger charge is -2.42. The van der Waals surface area contributed by atoms with Crippen LogP contribution >= 0.6 is 28.3 Å². The summed E-state index contributed by atoms with van der Waals surface area (Å²) in [6, 6.07) is -0.813. The van der Waals surface area contributed by atoms with Gasteiger partial charge in [-0.25, -0.2) is 13.9 Å². The second-order valence-electron chi connectivity index (χ2n) is 8.44. The summed E-state index contributed by atoms with van der Waals surface area (Å²) in [4.78, 5) is 56.8. The van der Waals surface area contributed by atoms with E-state index in [4.69, 9.17) is 9.47 Å². The lowest BCUT2D eigenvalue weighted by molar-refractivity contribution is -0.247. The van der Waals surface area contributed by atoms with Crippen molar-refractivity contribution in [3.05, 3.63) is 33.1 Å². The first-order valence-corrected chi connectivity index (χ1v) is 14.8. The Hall–Kier alpha value is -1.52. The Morgan fingerprint density at radius 3 is 2.30 bits per heavy atom. The van der Waals surface area contributed by atoms with Crippen molar-refractivity contribution in [3.8, 4) is 0 Å². The van der Waals surface area contributed by atoms with Crippen molar-refractivity contribution < 1.29 is 72.1 Å². The number of hydrogen-bond acceptors (Lipinski definition) is 16. The SMILES string of the molecule is O=C(CS)NC1C(OP(=O)(O)OP(=O)(O)OCC2OC(n3ccc(=O)[nH]c3=O)C(O)C2O)OC(CO)C(O)C1O. The molecule has 0 aliphatic carbocycles. The lowest BCUT2D eigenvalue weighted by atomic mass is 9.97. The topological polar surface area (TPSA) is 306 Å².